The molecule has 1 heterocycles. The highest BCUT2D eigenvalue weighted by atomic mass is 35.5. The maximum atomic E-state index is 12.0. The van der Waals surface area contributed by atoms with Gasteiger partial charge in [-0.3, -0.25) is 4.79 Å². The Hall–Kier alpha value is -1.39. The summed E-state index contributed by atoms with van der Waals surface area (Å²) in [5, 5.41) is 3.37. The molecular weight excluding hydrogens is 262 g/mol. The minimum Gasteiger partial charge on any atom is -0.338 e. The maximum absolute atomic E-state index is 12.0. The SMILES string of the molecule is CCCC[NH2+][C@@H](C)c1nc2cc(Cl)ccc2c(=O)[nH]1. The first kappa shape index (κ1) is 14.0. The first-order valence-corrected chi connectivity index (χ1v) is 7.02. The Morgan fingerprint density at radius 1 is 1.47 bits per heavy atom. The number of nitrogens with zero attached hydrogens (tertiary/aromatic N) is 1. The summed E-state index contributed by atoms with van der Waals surface area (Å²) in [4.78, 5) is 19.4. The highest BCUT2D eigenvalue weighted by Gasteiger charge is 2.13. The van der Waals surface area contributed by atoms with E-state index in [0.717, 1.165) is 13.0 Å². The Labute approximate surface area is 117 Å². The fourth-order valence-corrected chi connectivity index (χ4v) is 2.20. The molecule has 19 heavy (non-hydrogen) atoms. The van der Waals surface area contributed by atoms with Crippen LogP contribution in [-0.4, -0.2) is 16.5 Å². The molecule has 0 aliphatic heterocycles. The van der Waals surface area contributed by atoms with E-state index in [0.29, 0.717) is 21.7 Å². The van der Waals surface area contributed by atoms with Crippen molar-refractivity contribution in [1.29, 1.82) is 0 Å². The molecule has 0 amide bonds. The van der Waals surface area contributed by atoms with E-state index in [9.17, 15) is 4.79 Å². The van der Waals surface area contributed by atoms with E-state index in [2.05, 4.69) is 22.2 Å². The van der Waals surface area contributed by atoms with E-state index in [1.165, 1.54) is 6.42 Å². The third-order valence-corrected chi connectivity index (χ3v) is 3.43. The van der Waals surface area contributed by atoms with Gasteiger partial charge in [-0.25, -0.2) is 4.98 Å². The molecule has 0 fully saturated rings. The standard InChI is InChI=1S/C14H18ClN3O/c1-3-4-7-16-9(2)13-17-12-8-10(15)5-6-11(12)14(19)18-13/h5-6,8-9,16H,3-4,7H2,1-2H3,(H,17,18,19)/p+1/t9-/m0/s1. The zero-order chi connectivity index (χ0) is 13.8. The molecule has 1 aromatic heterocycles. The lowest BCUT2D eigenvalue weighted by Gasteiger charge is -2.10. The van der Waals surface area contributed by atoms with Gasteiger partial charge in [-0.05, 0) is 31.5 Å². The number of unbranched alkanes of at least 4 members (excludes halogenated alkanes) is 1. The molecule has 0 saturated heterocycles. The van der Waals surface area contributed by atoms with Crippen LogP contribution in [-0.2, 0) is 0 Å². The minimum atomic E-state index is -0.104. The first-order chi connectivity index (χ1) is 9.11. The summed E-state index contributed by atoms with van der Waals surface area (Å²) in [7, 11) is 0. The quantitative estimate of drug-likeness (QED) is 0.823. The molecule has 1 atom stereocenters. The van der Waals surface area contributed by atoms with E-state index in [-0.39, 0.29) is 11.6 Å². The number of hydrogen-bond acceptors (Lipinski definition) is 2. The van der Waals surface area contributed by atoms with Gasteiger partial charge in [0.1, 0.15) is 6.04 Å². The predicted molar refractivity (Wildman–Crippen MR) is 77.5 cm³/mol. The van der Waals surface area contributed by atoms with Crippen LogP contribution in [0.3, 0.4) is 0 Å². The number of aromatic amines is 1. The number of aromatic nitrogens is 2. The van der Waals surface area contributed by atoms with E-state index in [4.69, 9.17) is 11.6 Å². The van der Waals surface area contributed by atoms with E-state index in [1.54, 1.807) is 18.2 Å². The molecule has 0 aliphatic carbocycles. The van der Waals surface area contributed by atoms with Crippen molar-refractivity contribution in [1.82, 2.24) is 9.97 Å². The number of nitrogens with one attached hydrogen (secondary N) is 1. The molecule has 1 aromatic carbocycles. The Balaban J connectivity index is 2.31. The molecule has 0 saturated carbocycles. The van der Waals surface area contributed by atoms with E-state index < -0.39 is 0 Å². The van der Waals surface area contributed by atoms with Crippen molar-refractivity contribution in [3.8, 4) is 0 Å². The molecule has 4 nitrogen and oxygen atoms in total. The molecule has 0 unspecified atom stereocenters. The summed E-state index contributed by atoms with van der Waals surface area (Å²) in [5.74, 6) is 0.705. The second-order valence-corrected chi connectivity index (χ2v) is 5.22. The lowest BCUT2D eigenvalue weighted by atomic mass is 10.2. The van der Waals surface area contributed by atoms with Crippen LogP contribution in [0.2, 0.25) is 5.02 Å². The number of benzene rings is 1. The summed E-state index contributed by atoms with van der Waals surface area (Å²) in [6.45, 7) is 5.25. The average Bonchev–Trinajstić information content (AvgIpc) is 2.38. The third-order valence-electron chi connectivity index (χ3n) is 3.20. The first-order valence-electron chi connectivity index (χ1n) is 6.64. The molecule has 102 valence electrons. The Kier molecular flexibility index (Phi) is 4.56. The number of H-pyrrole nitrogens is 1. The van der Waals surface area contributed by atoms with Gasteiger partial charge in [0.15, 0.2) is 5.82 Å². The molecule has 0 spiro atoms. The van der Waals surface area contributed by atoms with Crippen molar-refractivity contribution in [3.63, 3.8) is 0 Å². The van der Waals surface area contributed by atoms with Crippen LogP contribution in [0.5, 0.6) is 0 Å². The van der Waals surface area contributed by atoms with Gasteiger partial charge in [-0.15, -0.1) is 0 Å². The molecule has 0 radical (unpaired) electrons. The Morgan fingerprint density at radius 2 is 2.26 bits per heavy atom. The summed E-state index contributed by atoms with van der Waals surface area (Å²) in [5.41, 5.74) is 0.550. The van der Waals surface area contributed by atoms with Crippen LogP contribution in [0, 0.1) is 0 Å². The van der Waals surface area contributed by atoms with Gasteiger partial charge in [0.05, 0.1) is 17.4 Å². The monoisotopic (exact) mass is 280 g/mol. The highest BCUT2D eigenvalue weighted by molar-refractivity contribution is 6.31. The fraction of sp³-hybridized carbons (Fsp3) is 0.429. The second-order valence-electron chi connectivity index (χ2n) is 4.78. The predicted octanol–water partition coefficient (Wildman–Crippen LogP) is 2.00. The summed E-state index contributed by atoms with van der Waals surface area (Å²) < 4.78 is 0. The molecular formula is C14H19ClN3O+. The van der Waals surface area contributed by atoms with Crippen molar-refractivity contribution in [2.45, 2.75) is 32.7 Å². The highest BCUT2D eigenvalue weighted by Crippen LogP contribution is 2.15. The van der Waals surface area contributed by atoms with Gasteiger partial charge in [-0.2, -0.15) is 0 Å². The Morgan fingerprint density at radius 3 is 3.00 bits per heavy atom. The largest absolute Gasteiger partial charge is 0.338 e. The molecule has 5 heteroatoms. The van der Waals surface area contributed by atoms with Gasteiger partial charge in [0.2, 0.25) is 0 Å². The number of fused-ring (bicyclic) bond motifs is 1. The van der Waals surface area contributed by atoms with Crippen molar-refractivity contribution in [3.05, 3.63) is 39.4 Å². The Bertz CT molecular complexity index is 624. The minimum absolute atomic E-state index is 0.104. The molecule has 2 rings (SSSR count). The van der Waals surface area contributed by atoms with Crippen molar-refractivity contribution in [2.24, 2.45) is 0 Å². The van der Waals surface area contributed by atoms with Crippen LogP contribution in [0.4, 0.5) is 0 Å². The van der Waals surface area contributed by atoms with Crippen LogP contribution >= 0.6 is 11.6 Å². The normalized spacial score (nSPS) is 12.8. The van der Waals surface area contributed by atoms with Gasteiger partial charge < -0.3 is 10.3 Å². The molecule has 2 aromatic rings. The average molecular weight is 281 g/mol. The van der Waals surface area contributed by atoms with Gasteiger partial charge in [-0.1, -0.05) is 24.9 Å². The van der Waals surface area contributed by atoms with E-state index in [1.807, 2.05) is 6.92 Å². The zero-order valence-corrected chi connectivity index (χ0v) is 12.0. The van der Waals surface area contributed by atoms with Crippen molar-refractivity contribution < 1.29 is 5.32 Å². The van der Waals surface area contributed by atoms with Crippen LogP contribution in [0.15, 0.2) is 23.0 Å². The van der Waals surface area contributed by atoms with Crippen LogP contribution < -0.4 is 10.9 Å². The van der Waals surface area contributed by atoms with Crippen molar-refractivity contribution in [2.75, 3.05) is 6.54 Å². The molecule has 0 aliphatic rings. The van der Waals surface area contributed by atoms with Crippen molar-refractivity contribution >= 4 is 22.5 Å². The molecule has 3 N–H and O–H groups in total. The third kappa shape index (κ3) is 3.33. The van der Waals surface area contributed by atoms with Crippen LogP contribution in [0.25, 0.3) is 10.9 Å². The van der Waals surface area contributed by atoms with Gasteiger partial charge in [0.25, 0.3) is 5.56 Å². The number of nitrogens with two attached hydrogens (primary N) is 1. The number of quaternary nitrogens is 1. The number of rotatable bonds is 5. The van der Waals surface area contributed by atoms with Gasteiger partial charge in [0, 0.05) is 5.02 Å². The number of hydrogen-bond donors (Lipinski definition) is 2. The lowest BCUT2D eigenvalue weighted by molar-refractivity contribution is -0.694. The summed E-state index contributed by atoms with van der Waals surface area (Å²) in [6.07, 6.45) is 2.33. The van der Waals surface area contributed by atoms with Gasteiger partial charge >= 0.3 is 0 Å². The van der Waals surface area contributed by atoms with E-state index >= 15 is 0 Å². The maximum Gasteiger partial charge on any atom is 0.258 e. The van der Waals surface area contributed by atoms with Crippen LogP contribution in [0.1, 0.15) is 38.6 Å². The summed E-state index contributed by atoms with van der Waals surface area (Å²) in [6, 6.07) is 5.28. The summed E-state index contributed by atoms with van der Waals surface area (Å²) >= 11 is 5.95. The second kappa shape index (κ2) is 6.17. The topological polar surface area (TPSA) is 62.4 Å². The number of halogens is 1. The zero-order valence-electron chi connectivity index (χ0n) is 11.2. The lowest BCUT2D eigenvalue weighted by Crippen LogP contribution is -2.84. The molecule has 0 bridgehead atoms. The fourth-order valence-electron chi connectivity index (χ4n) is 2.03. The smallest absolute Gasteiger partial charge is 0.258 e.